The van der Waals surface area contributed by atoms with Crippen molar-refractivity contribution in [2.24, 2.45) is 0 Å². The van der Waals surface area contributed by atoms with Crippen LogP contribution in [0.1, 0.15) is 24.0 Å². The van der Waals surface area contributed by atoms with Crippen LogP contribution >= 0.6 is 0 Å². The Labute approximate surface area is 194 Å². The average molecular weight is 424 g/mol. The van der Waals surface area contributed by atoms with E-state index in [0.29, 0.717) is 5.92 Å². The van der Waals surface area contributed by atoms with Crippen molar-refractivity contribution >= 4 is 21.8 Å². The van der Waals surface area contributed by atoms with Gasteiger partial charge in [0.15, 0.2) is 0 Å². The molecule has 33 heavy (non-hydrogen) atoms. The minimum absolute atomic E-state index is 0.336. The lowest BCUT2D eigenvalue weighted by Gasteiger charge is -2.13. The van der Waals surface area contributed by atoms with Crippen LogP contribution in [0, 0.1) is 0 Å². The Bertz CT molecular complexity index is 1540. The van der Waals surface area contributed by atoms with E-state index in [1.807, 2.05) is 0 Å². The van der Waals surface area contributed by atoms with Gasteiger partial charge in [-0.2, -0.15) is 0 Å². The second-order valence-corrected chi connectivity index (χ2v) is 8.68. The molecular formula is C32H25N. The maximum atomic E-state index is 2.39. The first kappa shape index (κ1) is 19.6. The second-order valence-electron chi connectivity index (χ2n) is 8.68. The third-order valence-electron chi connectivity index (χ3n) is 6.71. The molecule has 0 aliphatic heterocycles. The fourth-order valence-electron chi connectivity index (χ4n) is 4.91. The van der Waals surface area contributed by atoms with Gasteiger partial charge in [0.05, 0.1) is 11.0 Å². The van der Waals surface area contributed by atoms with Gasteiger partial charge in [-0.05, 0) is 58.7 Å². The van der Waals surface area contributed by atoms with E-state index in [-0.39, 0.29) is 0 Å². The molecular weight excluding hydrogens is 398 g/mol. The predicted octanol–water partition coefficient (Wildman–Crippen LogP) is 8.60. The molecule has 0 aliphatic rings. The quantitative estimate of drug-likeness (QED) is 0.267. The normalized spacial score (nSPS) is 12.3. The SMILES string of the molecule is CC(c1ccccc1)c1ccc2c(c1)c1cc(-c3ccccc3)ccc1n2-c1ccccc1. The summed E-state index contributed by atoms with van der Waals surface area (Å²) < 4.78 is 2.39. The smallest absolute Gasteiger partial charge is 0.0541 e. The van der Waals surface area contributed by atoms with Crippen molar-refractivity contribution < 1.29 is 0 Å². The second kappa shape index (κ2) is 8.11. The summed E-state index contributed by atoms with van der Waals surface area (Å²) in [7, 11) is 0. The number of fused-ring (bicyclic) bond motifs is 3. The summed E-state index contributed by atoms with van der Waals surface area (Å²) in [5, 5.41) is 2.59. The van der Waals surface area contributed by atoms with Gasteiger partial charge in [-0.15, -0.1) is 0 Å². The predicted molar refractivity (Wildman–Crippen MR) is 140 cm³/mol. The summed E-state index contributed by atoms with van der Waals surface area (Å²) in [6.45, 7) is 2.29. The zero-order chi connectivity index (χ0) is 22.2. The number of hydrogen-bond donors (Lipinski definition) is 0. The number of benzene rings is 5. The molecule has 0 amide bonds. The molecule has 5 aromatic carbocycles. The number of nitrogens with zero attached hydrogens (tertiary/aromatic N) is 1. The maximum absolute atomic E-state index is 2.39. The Kier molecular flexibility index (Phi) is 4.81. The molecule has 1 atom stereocenters. The van der Waals surface area contributed by atoms with Crippen LogP contribution in [-0.2, 0) is 0 Å². The molecule has 0 bridgehead atoms. The molecule has 1 unspecified atom stereocenters. The molecule has 6 rings (SSSR count). The van der Waals surface area contributed by atoms with E-state index >= 15 is 0 Å². The van der Waals surface area contributed by atoms with Gasteiger partial charge in [0.25, 0.3) is 0 Å². The zero-order valence-corrected chi connectivity index (χ0v) is 18.6. The number of rotatable bonds is 4. The standard InChI is InChI=1S/C32H25N/c1-23(24-11-5-2-6-12-24)26-17-19-31-29(21-26)30-22-27(25-13-7-3-8-14-25)18-20-32(30)33(31)28-15-9-4-10-16-28/h2-23H,1H3. The van der Waals surface area contributed by atoms with Crippen LogP contribution in [0.25, 0.3) is 38.6 Å². The average Bonchev–Trinajstić information content (AvgIpc) is 3.23. The fourth-order valence-corrected chi connectivity index (χ4v) is 4.91. The third-order valence-corrected chi connectivity index (χ3v) is 6.71. The molecule has 0 spiro atoms. The molecule has 0 fully saturated rings. The Morgan fingerprint density at radius 1 is 0.485 bits per heavy atom. The highest BCUT2D eigenvalue weighted by Crippen LogP contribution is 2.37. The number of para-hydroxylation sites is 1. The number of aromatic nitrogens is 1. The maximum Gasteiger partial charge on any atom is 0.0541 e. The number of hydrogen-bond acceptors (Lipinski definition) is 0. The molecule has 1 nitrogen and oxygen atoms in total. The lowest BCUT2D eigenvalue weighted by atomic mass is 9.92. The molecule has 0 saturated carbocycles. The Balaban J connectivity index is 1.61. The highest BCUT2D eigenvalue weighted by atomic mass is 15.0. The lowest BCUT2D eigenvalue weighted by Crippen LogP contribution is -1.96. The van der Waals surface area contributed by atoms with Crippen LogP contribution in [0.2, 0.25) is 0 Å². The molecule has 0 aliphatic carbocycles. The van der Waals surface area contributed by atoms with Gasteiger partial charge in [0, 0.05) is 22.4 Å². The zero-order valence-electron chi connectivity index (χ0n) is 18.6. The first-order chi connectivity index (χ1) is 16.3. The van der Waals surface area contributed by atoms with E-state index in [0.717, 1.165) is 0 Å². The Hall–Kier alpha value is -4.10. The Morgan fingerprint density at radius 2 is 1.06 bits per heavy atom. The van der Waals surface area contributed by atoms with Crippen LogP contribution in [0.4, 0.5) is 0 Å². The van der Waals surface area contributed by atoms with Crippen molar-refractivity contribution in [2.75, 3.05) is 0 Å². The van der Waals surface area contributed by atoms with Gasteiger partial charge >= 0.3 is 0 Å². The van der Waals surface area contributed by atoms with Crippen LogP contribution < -0.4 is 0 Å². The monoisotopic (exact) mass is 423 g/mol. The van der Waals surface area contributed by atoms with Crippen molar-refractivity contribution in [1.82, 2.24) is 4.57 Å². The van der Waals surface area contributed by atoms with E-state index in [9.17, 15) is 0 Å². The van der Waals surface area contributed by atoms with E-state index in [1.54, 1.807) is 0 Å². The summed E-state index contributed by atoms with van der Waals surface area (Å²) in [6.07, 6.45) is 0. The van der Waals surface area contributed by atoms with Crippen molar-refractivity contribution in [3.63, 3.8) is 0 Å². The van der Waals surface area contributed by atoms with Gasteiger partial charge in [-0.3, -0.25) is 0 Å². The molecule has 0 saturated heterocycles. The molecule has 1 aromatic heterocycles. The minimum atomic E-state index is 0.336. The third kappa shape index (κ3) is 3.43. The van der Waals surface area contributed by atoms with E-state index in [2.05, 4.69) is 139 Å². The summed E-state index contributed by atoms with van der Waals surface area (Å²) in [5.41, 5.74) is 8.84. The highest BCUT2D eigenvalue weighted by Gasteiger charge is 2.16. The molecule has 0 N–H and O–H groups in total. The van der Waals surface area contributed by atoms with Crippen LogP contribution in [0.3, 0.4) is 0 Å². The van der Waals surface area contributed by atoms with Crippen LogP contribution in [-0.4, -0.2) is 4.57 Å². The van der Waals surface area contributed by atoms with Crippen LogP contribution in [0.5, 0.6) is 0 Å². The molecule has 0 radical (unpaired) electrons. The van der Waals surface area contributed by atoms with Crippen molar-refractivity contribution in [1.29, 1.82) is 0 Å². The summed E-state index contributed by atoms with van der Waals surface area (Å²) in [4.78, 5) is 0. The Morgan fingerprint density at radius 3 is 1.76 bits per heavy atom. The first-order valence-corrected chi connectivity index (χ1v) is 11.5. The van der Waals surface area contributed by atoms with Crippen molar-refractivity contribution in [3.8, 4) is 16.8 Å². The lowest BCUT2D eigenvalue weighted by molar-refractivity contribution is 0.924. The largest absolute Gasteiger partial charge is 0.309 e. The molecule has 6 aromatic rings. The van der Waals surface area contributed by atoms with Gasteiger partial charge in [-0.1, -0.05) is 97.9 Å². The van der Waals surface area contributed by atoms with Gasteiger partial charge in [-0.25, -0.2) is 0 Å². The van der Waals surface area contributed by atoms with E-state index < -0.39 is 0 Å². The first-order valence-electron chi connectivity index (χ1n) is 11.5. The highest BCUT2D eigenvalue weighted by molar-refractivity contribution is 6.10. The molecule has 1 heterocycles. The summed E-state index contributed by atoms with van der Waals surface area (Å²) in [5.74, 6) is 0.336. The summed E-state index contributed by atoms with van der Waals surface area (Å²) >= 11 is 0. The summed E-state index contributed by atoms with van der Waals surface area (Å²) in [6, 6.07) is 45.9. The van der Waals surface area contributed by atoms with Gasteiger partial charge in [0.2, 0.25) is 0 Å². The van der Waals surface area contributed by atoms with Crippen LogP contribution in [0.15, 0.2) is 127 Å². The van der Waals surface area contributed by atoms with E-state index in [1.165, 1.54) is 49.7 Å². The minimum Gasteiger partial charge on any atom is -0.309 e. The fraction of sp³-hybridized carbons (Fsp3) is 0.0625. The van der Waals surface area contributed by atoms with Crippen molar-refractivity contribution in [2.45, 2.75) is 12.8 Å². The van der Waals surface area contributed by atoms with Crippen molar-refractivity contribution in [3.05, 3.63) is 139 Å². The topological polar surface area (TPSA) is 4.93 Å². The molecule has 1 heteroatoms. The van der Waals surface area contributed by atoms with Gasteiger partial charge < -0.3 is 4.57 Å². The van der Waals surface area contributed by atoms with Gasteiger partial charge in [0.1, 0.15) is 0 Å². The molecule has 158 valence electrons. The van der Waals surface area contributed by atoms with E-state index in [4.69, 9.17) is 0 Å².